The number of halogens is 2. The second-order valence-corrected chi connectivity index (χ2v) is 7.08. The predicted octanol–water partition coefficient (Wildman–Crippen LogP) is 1.51. The Morgan fingerprint density at radius 1 is 1.18 bits per heavy atom. The van der Waals surface area contributed by atoms with Gasteiger partial charge in [-0.1, -0.05) is 12.1 Å². The Bertz CT molecular complexity index is 657. The number of hydrogen-bond donors (Lipinski definition) is 3. The van der Waals surface area contributed by atoms with Crippen molar-refractivity contribution in [3.8, 4) is 0 Å². The summed E-state index contributed by atoms with van der Waals surface area (Å²) in [5.74, 6) is -0.688. The second kappa shape index (κ2) is 11.2. The lowest BCUT2D eigenvalue weighted by atomic mass is 9.97. The molecule has 1 aromatic carbocycles. The molecule has 3 amide bonds. The minimum absolute atomic E-state index is 0. The number of nitrogens with zero attached hydrogens (tertiary/aromatic N) is 2. The van der Waals surface area contributed by atoms with Crippen LogP contribution in [0.4, 0.5) is 14.9 Å². The molecule has 0 saturated carbocycles. The largest absolute Gasteiger partial charge is 0.355 e. The molecule has 1 atom stereocenters. The smallest absolute Gasteiger partial charge is 0.321 e. The Morgan fingerprint density at radius 2 is 1.93 bits per heavy atom. The average molecular weight is 414 g/mol. The molecule has 0 spiro atoms. The van der Waals surface area contributed by atoms with Gasteiger partial charge in [0.05, 0.1) is 11.6 Å². The molecule has 28 heavy (non-hydrogen) atoms. The fourth-order valence-corrected chi connectivity index (χ4v) is 3.55. The van der Waals surface area contributed by atoms with E-state index in [1.165, 1.54) is 12.1 Å². The third kappa shape index (κ3) is 6.32. The van der Waals surface area contributed by atoms with Gasteiger partial charge < -0.3 is 20.9 Å². The van der Waals surface area contributed by atoms with Gasteiger partial charge in [0.2, 0.25) is 5.91 Å². The SMILES string of the molecule is Cl.O=C(NCCN1CCNCC1)C1CCCN(C(=O)Nc2ccccc2F)C1. The molecule has 1 aromatic rings. The highest BCUT2D eigenvalue weighted by molar-refractivity contribution is 5.90. The van der Waals surface area contributed by atoms with Crippen molar-refractivity contribution in [2.75, 3.05) is 57.7 Å². The summed E-state index contributed by atoms with van der Waals surface area (Å²) >= 11 is 0. The molecule has 3 rings (SSSR count). The zero-order valence-corrected chi connectivity index (χ0v) is 16.8. The minimum atomic E-state index is -0.468. The van der Waals surface area contributed by atoms with Gasteiger partial charge in [0.15, 0.2) is 0 Å². The lowest BCUT2D eigenvalue weighted by Gasteiger charge is -2.32. The van der Waals surface area contributed by atoms with Crippen LogP contribution in [0.15, 0.2) is 24.3 Å². The van der Waals surface area contributed by atoms with Gasteiger partial charge >= 0.3 is 6.03 Å². The van der Waals surface area contributed by atoms with Crippen LogP contribution in [-0.4, -0.2) is 74.1 Å². The van der Waals surface area contributed by atoms with Crippen LogP contribution in [0.3, 0.4) is 0 Å². The van der Waals surface area contributed by atoms with Crippen molar-refractivity contribution < 1.29 is 14.0 Å². The summed E-state index contributed by atoms with van der Waals surface area (Å²) in [4.78, 5) is 28.8. The Balaban J connectivity index is 0.00000280. The van der Waals surface area contributed by atoms with Gasteiger partial charge in [-0.3, -0.25) is 9.69 Å². The number of likely N-dealkylation sites (tertiary alicyclic amines) is 1. The fraction of sp³-hybridized carbons (Fsp3) is 0.579. The van der Waals surface area contributed by atoms with Gasteiger partial charge in [-0.25, -0.2) is 9.18 Å². The number of nitrogens with one attached hydrogen (secondary N) is 3. The summed E-state index contributed by atoms with van der Waals surface area (Å²) in [7, 11) is 0. The van der Waals surface area contributed by atoms with Crippen molar-refractivity contribution in [1.29, 1.82) is 0 Å². The van der Waals surface area contributed by atoms with Gasteiger partial charge in [-0.15, -0.1) is 12.4 Å². The number of piperazine rings is 1. The van der Waals surface area contributed by atoms with Crippen molar-refractivity contribution in [3.63, 3.8) is 0 Å². The number of amides is 3. The number of carbonyl (C=O) groups is 2. The van der Waals surface area contributed by atoms with E-state index in [1.54, 1.807) is 17.0 Å². The van der Waals surface area contributed by atoms with E-state index in [9.17, 15) is 14.0 Å². The molecule has 0 aromatic heterocycles. The van der Waals surface area contributed by atoms with Crippen LogP contribution in [0.2, 0.25) is 0 Å². The highest BCUT2D eigenvalue weighted by Crippen LogP contribution is 2.19. The predicted molar refractivity (Wildman–Crippen MR) is 109 cm³/mol. The Kier molecular flexibility index (Phi) is 8.95. The van der Waals surface area contributed by atoms with E-state index in [2.05, 4.69) is 20.9 Å². The lowest BCUT2D eigenvalue weighted by Crippen LogP contribution is -2.49. The molecule has 0 radical (unpaired) electrons. The normalized spacial score (nSPS) is 20.2. The number of urea groups is 1. The molecule has 2 aliphatic heterocycles. The highest BCUT2D eigenvalue weighted by Gasteiger charge is 2.28. The van der Waals surface area contributed by atoms with Gasteiger partial charge in [-0.05, 0) is 25.0 Å². The van der Waals surface area contributed by atoms with Gasteiger partial charge in [-0.2, -0.15) is 0 Å². The third-order valence-corrected chi connectivity index (χ3v) is 5.13. The molecule has 0 bridgehead atoms. The standard InChI is InChI=1S/C19H28FN5O2.ClH/c20-16-5-1-2-6-17(16)23-19(27)25-10-3-4-15(14-25)18(26)22-9-13-24-11-7-21-8-12-24;/h1-2,5-6,15,21H,3-4,7-14H2,(H,22,26)(H,23,27);1H. The Hall–Kier alpha value is -1.90. The number of hydrogen-bond acceptors (Lipinski definition) is 4. The number of carbonyl (C=O) groups excluding carboxylic acids is 2. The first-order valence-electron chi connectivity index (χ1n) is 9.65. The molecule has 2 aliphatic rings. The van der Waals surface area contributed by atoms with Crippen molar-refractivity contribution in [2.24, 2.45) is 5.92 Å². The Labute approximate surface area is 171 Å². The van der Waals surface area contributed by atoms with Crippen molar-refractivity contribution >= 4 is 30.0 Å². The summed E-state index contributed by atoms with van der Waals surface area (Å²) in [6, 6.07) is 5.71. The van der Waals surface area contributed by atoms with Crippen LogP contribution < -0.4 is 16.0 Å². The molecule has 1 unspecified atom stereocenters. The lowest BCUT2D eigenvalue weighted by molar-refractivity contribution is -0.126. The third-order valence-electron chi connectivity index (χ3n) is 5.13. The molecule has 3 N–H and O–H groups in total. The van der Waals surface area contributed by atoms with E-state index in [1.807, 2.05) is 0 Å². The number of piperidine rings is 1. The van der Waals surface area contributed by atoms with Crippen LogP contribution in [0.5, 0.6) is 0 Å². The number of anilines is 1. The van der Waals surface area contributed by atoms with E-state index in [0.29, 0.717) is 19.6 Å². The summed E-state index contributed by atoms with van der Waals surface area (Å²) < 4.78 is 13.7. The van der Waals surface area contributed by atoms with Gasteiger partial charge in [0.25, 0.3) is 0 Å². The maximum atomic E-state index is 13.7. The van der Waals surface area contributed by atoms with Crippen molar-refractivity contribution in [2.45, 2.75) is 12.8 Å². The molecule has 2 saturated heterocycles. The first-order valence-corrected chi connectivity index (χ1v) is 9.65. The monoisotopic (exact) mass is 413 g/mol. The molecule has 2 fully saturated rings. The minimum Gasteiger partial charge on any atom is -0.355 e. The zero-order valence-electron chi connectivity index (χ0n) is 16.0. The molecule has 156 valence electrons. The number of rotatable bonds is 5. The molecule has 9 heteroatoms. The van der Waals surface area contributed by atoms with Crippen LogP contribution in [0.1, 0.15) is 12.8 Å². The van der Waals surface area contributed by atoms with Crippen LogP contribution >= 0.6 is 12.4 Å². The number of para-hydroxylation sites is 1. The fourth-order valence-electron chi connectivity index (χ4n) is 3.55. The van der Waals surface area contributed by atoms with Gasteiger partial charge in [0, 0.05) is 52.4 Å². The van der Waals surface area contributed by atoms with Gasteiger partial charge in [0.1, 0.15) is 5.82 Å². The molecular formula is C19H29ClFN5O2. The second-order valence-electron chi connectivity index (χ2n) is 7.08. The highest BCUT2D eigenvalue weighted by atomic mass is 35.5. The maximum Gasteiger partial charge on any atom is 0.321 e. The molecule has 7 nitrogen and oxygen atoms in total. The summed E-state index contributed by atoms with van der Waals surface area (Å²) in [5, 5.41) is 8.90. The van der Waals surface area contributed by atoms with E-state index in [-0.39, 0.29) is 36.0 Å². The maximum absolute atomic E-state index is 13.7. The first kappa shape index (κ1) is 22.4. The van der Waals surface area contributed by atoms with Crippen molar-refractivity contribution in [3.05, 3.63) is 30.1 Å². The Morgan fingerprint density at radius 3 is 2.68 bits per heavy atom. The summed E-state index contributed by atoms with van der Waals surface area (Å²) in [5.41, 5.74) is 0.157. The van der Waals surface area contributed by atoms with Crippen LogP contribution in [-0.2, 0) is 4.79 Å². The summed E-state index contributed by atoms with van der Waals surface area (Å²) in [6.07, 6.45) is 1.53. The first-order chi connectivity index (χ1) is 13.1. The molecule has 2 heterocycles. The molecule has 0 aliphatic carbocycles. The zero-order chi connectivity index (χ0) is 19.1. The number of benzene rings is 1. The van der Waals surface area contributed by atoms with Crippen molar-refractivity contribution in [1.82, 2.24) is 20.4 Å². The van der Waals surface area contributed by atoms with E-state index < -0.39 is 5.82 Å². The average Bonchev–Trinajstić information content (AvgIpc) is 2.70. The van der Waals surface area contributed by atoms with E-state index >= 15 is 0 Å². The topological polar surface area (TPSA) is 76.7 Å². The van der Waals surface area contributed by atoms with E-state index in [4.69, 9.17) is 0 Å². The quantitative estimate of drug-likeness (QED) is 0.684. The molecular weight excluding hydrogens is 385 g/mol. The van der Waals surface area contributed by atoms with Crippen LogP contribution in [0.25, 0.3) is 0 Å². The van der Waals surface area contributed by atoms with E-state index in [0.717, 1.165) is 45.6 Å². The van der Waals surface area contributed by atoms with Crippen LogP contribution in [0, 0.1) is 11.7 Å². The summed E-state index contributed by atoms with van der Waals surface area (Å²) in [6.45, 7) is 6.39.